The fraction of sp³-hybridized carbons (Fsp3) is 0.214. The quantitative estimate of drug-likeness (QED) is 0.104. The number of nitrogens with one attached hydrogen (secondary N) is 1. The van der Waals surface area contributed by atoms with Crippen LogP contribution in [0.1, 0.15) is 24.4 Å². The van der Waals surface area contributed by atoms with Gasteiger partial charge in [-0.2, -0.15) is 5.26 Å². The Morgan fingerprint density at radius 3 is 2.70 bits per heavy atom. The Labute approximate surface area is 224 Å². The van der Waals surface area contributed by atoms with Crippen LogP contribution in [0.3, 0.4) is 0 Å². The molecule has 0 bridgehead atoms. The largest absolute Gasteiger partial charge is 0.490 e. The molecule has 188 valence electrons. The van der Waals surface area contributed by atoms with Crippen LogP contribution in [0.4, 0.5) is 5.13 Å². The number of nitrogens with zero attached hydrogens (tertiary/aromatic N) is 3. The van der Waals surface area contributed by atoms with Crippen molar-refractivity contribution in [3.8, 4) is 17.6 Å². The summed E-state index contributed by atoms with van der Waals surface area (Å²) >= 11 is 3.03. The van der Waals surface area contributed by atoms with E-state index in [0.29, 0.717) is 35.4 Å². The molecule has 0 atom stereocenters. The van der Waals surface area contributed by atoms with E-state index >= 15 is 0 Å². The molecular weight excluding hydrogens is 504 g/mol. The van der Waals surface area contributed by atoms with Gasteiger partial charge in [-0.1, -0.05) is 60.7 Å². The summed E-state index contributed by atoms with van der Waals surface area (Å²) in [6.07, 6.45) is 2.24. The molecule has 0 unspecified atom stereocenters. The third-order valence-corrected chi connectivity index (χ3v) is 7.30. The average molecular weight is 531 g/mol. The van der Waals surface area contributed by atoms with E-state index in [1.165, 1.54) is 33.1 Å². The lowest BCUT2D eigenvalue weighted by Gasteiger charge is -2.13. The lowest BCUT2D eigenvalue weighted by Crippen LogP contribution is -2.13. The minimum atomic E-state index is -0.537. The minimum Gasteiger partial charge on any atom is -0.490 e. The number of nitriles is 1. The number of carbonyl (C=O) groups is 1. The second-order valence-corrected chi connectivity index (χ2v) is 9.99. The molecule has 0 aliphatic rings. The molecule has 1 heterocycles. The first-order valence-corrected chi connectivity index (χ1v) is 13.7. The number of fused-ring (bicyclic) bond motifs is 1. The maximum Gasteiger partial charge on any atom is 0.268 e. The third kappa shape index (κ3) is 6.88. The van der Waals surface area contributed by atoms with Gasteiger partial charge >= 0.3 is 0 Å². The Morgan fingerprint density at radius 1 is 1.08 bits per heavy atom. The van der Waals surface area contributed by atoms with Gasteiger partial charge in [0, 0.05) is 10.6 Å². The Bertz CT molecular complexity index is 1450. The molecule has 3 aromatic carbocycles. The molecule has 37 heavy (non-hydrogen) atoms. The van der Waals surface area contributed by atoms with Crippen LogP contribution in [0.5, 0.6) is 11.5 Å². The van der Waals surface area contributed by atoms with E-state index in [0.717, 1.165) is 17.2 Å². The topological polar surface area (TPSA) is 97.1 Å². The zero-order valence-corrected chi connectivity index (χ0v) is 22.2. The number of hydrogen-bond acceptors (Lipinski definition) is 8. The fourth-order valence-electron chi connectivity index (χ4n) is 3.55. The van der Waals surface area contributed by atoms with Gasteiger partial charge in [0.2, 0.25) is 5.13 Å². The zero-order chi connectivity index (χ0) is 26.0. The monoisotopic (exact) mass is 530 g/mol. The summed E-state index contributed by atoms with van der Waals surface area (Å²) in [6.45, 7) is 4.80. The standard InChI is InChI=1S/C28H26N4O3S2/c1-3-26-31-32-28(37-26)30-27(33)21(18-29)16-19-12-13-23(24(17-19)34-4-2)35-14-15-36-25-11-7-9-20-8-5-6-10-22(20)25/h5-13,16-17H,3-4,14-15H2,1-2H3,(H,30,32,33)/b21-16-. The van der Waals surface area contributed by atoms with E-state index in [4.69, 9.17) is 9.47 Å². The summed E-state index contributed by atoms with van der Waals surface area (Å²) in [5, 5.41) is 23.7. The molecule has 1 N–H and O–H groups in total. The highest BCUT2D eigenvalue weighted by Crippen LogP contribution is 2.31. The van der Waals surface area contributed by atoms with Crippen LogP contribution < -0.4 is 14.8 Å². The van der Waals surface area contributed by atoms with Gasteiger partial charge in [0.1, 0.15) is 16.6 Å². The second kappa shape index (κ2) is 12.9. The highest BCUT2D eigenvalue weighted by molar-refractivity contribution is 7.99. The van der Waals surface area contributed by atoms with Gasteiger partial charge in [-0.25, -0.2) is 0 Å². The van der Waals surface area contributed by atoms with Crippen LogP contribution >= 0.6 is 23.1 Å². The average Bonchev–Trinajstić information content (AvgIpc) is 3.38. The van der Waals surface area contributed by atoms with Crippen molar-refractivity contribution in [1.82, 2.24) is 10.2 Å². The van der Waals surface area contributed by atoms with Gasteiger partial charge in [0.25, 0.3) is 5.91 Å². The first-order chi connectivity index (χ1) is 18.1. The minimum absolute atomic E-state index is 0.0455. The Balaban J connectivity index is 1.41. The van der Waals surface area contributed by atoms with Crippen molar-refractivity contribution in [1.29, 1.82) is 5.26 Å². The summed E-state index contributed by atoms with van der Waals surface area (Å²) in [5.74, 6) is 1.40. The molecule has 1 amide bonds. The number of anilines is 1. The number of aryl methyl sites for hydroxylation is 1. The molecule has 0 radical (unpaired) electrons. The first kappa shape index (κ1) is 26.2. The molecule has 4 rings (SSSR count). The van der Waals surface area contributed by atoms with Gasteiger partial charge in [0.15, 0.2) is 11.5 Å². The Kier molecular flexibility index (Phi) is 9.13. The van der Waals surface area contributed by atoms with Crippen molar-refractivity contribution in [2.24, 2.45) is 0 Å². The van der Waals surface area contributed by atoms with Crippen molar-refractivity contribution in [2.45, 2.75) is 25.2 Å². The molecule has 9 heteroatoms. The number of benzene rings is 3. The van der Waals surface area contributed by atoms with Gasteiger partial charge < -0.3 is 9.47 Å². The highest BCUT2D eigenvalue weighted by Gasteiger charge is 2.14. The van der Waals surface area contributed by atoms with E-state index in [-0.39, 0.29) is 5.57 Å². The second-order valence-electron chi connectivity index (χ2n) is 7.79. The molecule has 7 nitrogen and oxygen atoms in total. The molecule has 0 saturated heterocycles. The van der Waals surface area contributed by atoms with Crippen LogP contribution in [-0.4, -0.2) is 35.1 Å². The highest BCUT2D eigenvalue weighted by atomic mass is 32.2. The van der Waals surface area contributed by atoms with Gasteiger partial charge in [0.05, 0.1) is 13.2 Å². The van der Waals surface area contributed by atoms with Crippen molar-refractivity contribution < 1.29 is 14.3 Å². The summed E-state index contributed by atoms with van der Waals surface area (Å²) in [6, 6.07) is 21.9. The number of hydrogen-bond donors (Lipinski definition) is 1. The molecule has 0 saturated carbocycles. The molecule has 0 spiro atoms. The zero-order valence-electron chi connectivity index (χ0n) is 20.6. The smallest absolute Gasteiger partial charge is 0.268 e. The van der Waals surface area contributed by atoms with Gasteiger partial charge in [-0.05, 0) is 54.0 Å². The van der Waals surface area contributed by atoms with Crippen LogP contribution in [0.2, 0.25) is 0 Å². The van der Waals surface area contributed by atoms with E-state index in [9.17, 15) is 10.1 Å². The normalized spacial score (nSPS) is 11.2. The molecule has 0 aliphatic heterocycles. The summed E-state index contributed by atoms with van der Waals surface area (Å²) in [4.78, 5) is 13.8. The van der Waals surface area contributed by atoms with E-state index < -0.39 is 5.91 Å². The lowest BCUT2D eigenvalue weighted by molar-refractivity contribution is -0.112. The SMILES string of the molecule is CCOc1cc(/C=C(/C#N)C(=O)Nc2nnc(CC)s2)ccc1OCCSc1cccc2ccccc12. The summed E-state index contributed by atoms with van der Waals surface area (Å²) < 4.78 is 11.8. The number of ether oxygens (including phenoxy) is 2. The summed E-state index contributed by atoms with van der Waals surface area (Å²) in [5.41, 5.74) is 0.606. The number of amides is 1. The fourth-order valence-corrected chi connectivity index (χ4v) is 5.13. The number of thioether (sulfide) groups is 1. The molecular formula is C28H26N4O3S2. The number of aromatic nitrogens is 2. The van der Waals surface area contributed by atoms with Gasteiger partial charge in [-0.3, -0.25) is 10.1 Å². The molecule has 4 aromatic rings. The Morgan fingerprint density at radius 2 is 1.92 bits per heavy atom. The number of carbonyl (C=O) groups excluding carboxylic acids is 1. The maximum atomic E-state index is 12.6. The molecule has 0 fully saturated rings. The van der Waals surface area contributed by atoms with Crippen molar-refractivity contribution >= 4 is 51.0 Å². The summed E-state index contributed by atoms with van der Waals surface area (Å²) in [7, 11) is 0. The van der Waals surface area contributed by atoms with E-state index in [2.05, 4.69) is 45.8 Å². The number of rotatable bonds is 11. The first-order valence-electron chi connectivity index (χ1n) is 11.9. The van der Waals surface area contributed by atoms with Crippen LogP contribution in [-0.2, 0) is 11.2 Å². The predicted molar refractivity (Wildman–Crippen MR) is 149 cm³/mol. The van der Waals surface area contributed by atoms with Crippen molar-refractivity contribution in [3.63, 3.8) is 0 Å². The van der Waals surface area contributed by atoms with Crippen LogP contribution in [0.15, 0.2) is 71.1 Å². The van der Waals surface area contributed by atoms with E-state index in [1.807, 2.05) is 32.0 Å². The van der Waals surface area contributed by atoms with Crippen molar-refractivity contribution in [3.05, 3.63) is 76.8 Å². The van der Waals surface area contributed by atoms with Crippen LogP contribution in [0.25, 0.3) is 16.8 Å². The predicted octanol–water partition coefficient (Wildman–Crippen LogP) is 6.37. The van der Waals surface area contributed by atoms with Crippen LogP contribution in [0, 0.1) is 11.3 Å². The Hall–Kier alpha value is -3.87. The third-order valence-electron chi connectivity index (χ3n) is 5.28. The van der Waals surface area contributed by atoms with E-state index in [1.54, 1.807) is 30.0 Å². The van der Waals surface area contributed by atoms with Crippen molar-refractivity contribution in [2.75, 3.05) is 24.3 Å². The van der Waals surface area contributed by atoms with Gasteiger partial charge in [-0.15, -0.1) is 22.0 Å². The lowest BCUT2D eigenvalue weighted by atomic mass is 10.1. The molecule has 0 aliphatic carbocycles. The molecule has 1 aromatic heterocycles. The maximum absolute atomic E-state index is 12.6.